The van der Waals surface area contributed by atoms with Gasteiger partial charge in [-0.15, -0.1) is 16.4 Å². The van der Waals surface area contributed by atoms with Gasteiger partial charge in [0.05, 0.1) is 0 Å². The normalized spacial score (nSPS) is 10.2. The molecule has 0 aliphatic heterocycles. The Hall–Kier alpha value is -1.63. The Balaban J connectivity index is 2.46. The maximum Gasteiger partial charge on any atom is 0.244 e. The average molecular weight is 196 g/mol. The van der Waals surface area contributed by atoms with Crippen molar-refractivity contribution in [2.24, 2.45) is 0 Å². The zero-order valence-electron chi connectivity index (χ0n) is 6.93. The van der Waals surface area contributed by atoms with Gasteiger partial charge in [0.15, 0.2) is 0 Å². The van der Waals surface area contributed by atoms with Gasteiger partial charge in [-0.25, -0.2) is 4.98 Å². The van der Waals surface area contributed by atoms with Crippen molar-refractivity contribution in [1.82, 2.24) is 19.7 Å². The molecule has 0 bridgehead atoms. The topological polar surface area (TPSA) is 81.6 Å². The Labute approximate surface area is 78.4 Å². The smallest absolute Gasteiger partial charge is 0.244 e. The van der Waals surface area contributed by atoms with Crippen molar-refractivity contribution >= 4 is 23.2 Å². The van der Waals surface area contributed by atoms with E-state index >= 15 is 0 Å². The minimum absolute atomic E-state index is 0.333. The molecule has 7 heteroatoms. The van der Waals surface area contributed by atoms with E-state index < -0.39 is 0 Å². The van der Waals surface area contributed by atoms with Gasteiger partial charge in [0.1, 0.15) is 0 Å². The number of nitrogens with two attached hydrogens (primary N) is 1. The summed E-state index contributed by atoms with van der Waals surface area (Å²) in [6, 6.07) is 0. The molecule has 2 aromatic rings. The van der Waals surface area contributed by atoms with E-state index in [2.05, 4.69) is 20.4 Å². The lowest BCUT2D eigenvalue weighted by molar-refractivity contribution is 0.881. The minimum atomic E-state index is 0.333. The predicted molar refractivity (Wildman–Crippen MR) is 51.0 cm³/mol. The van der Waals surface area contributed by atoms with E-state index in [0.29, 0.717) is 17.0 Å². The van der Waals surface area contributed by atoms with E-state index in [1.165, 1.54) is 16.0 Å². The van der Waals surface area contributed by atoms with Gasteiger partial charge in [-0.05, 0) is 0 Å². The molecule has 0 aliphatic rings. The van der Waals surface area contributed by atoms with Crippen LogP contribution in [0.25, 0.3) is 5.13 Å². The van der Waals surface area contributed by atoms with Crippen molar-refractivity contribution in [3.63, 3.8) is 0 Å². The van der Waals surface area contributed by atoms with Crippen LogP contribution in [0.15, 0.2) is 11.6 Å². The van der Waals surface area contributed by atoms with Gasteiger partial charge in [0, 0.05) is 18.6 Å². The zero-order chi connectivity index (χ0) is 9.26. The third-order valence-corrected chi connectivity index (χ3v) is 2.20. The minimum Gasteiger partial charge on any atom is -0.368 e. The Bertz CT molecular complexity index is 391. The first-order valence-corrected chi connectivity index (χ1v) is 4.49. The summed E-state index contributed by atoms with van der Waals surface area (Å²) < 4.78 is 1.50. The summed E-state index contributed by atoms with van der Waals surface area (Å²) in [5.41, 5.74) is 5.62. The first kappa shape index (κ1) is 7.99. The van der Waals surface area contributed by atoms with E-state index in [1.807, 2.05) is 5.38 Å². The Morgan fingerprint density at radius 1 is 1.62 bits per heavy atom. The van der Waals surface area contributed by atoms with Crippen LogP contribution in [-0.2, 0) is 0 Å². The molecule has 6 nitrogen and oxygen atoms in total. The molecule has 0 radical (unpaired) electrons. The third kappa shape index (κ3) is 1.33. The number of thiazole rings is 1. The first-order chi connectivity index (χ1) is 6.31. The van der Waals surface area contributed by atoms with Crippen molar-refractivity contribution in [3.8, 4) is 5.13 Å². The molecule has 68 valence electrons. The van der Waals surface area contributed by atoms with Gasteiger partial charge < -0.3 is 11.1 Å². The summed E-state index contributed by atoms with van der Waals surface area (Å²) in [4.78, 5) is 8.04. The van der Waals surface area contributed by atoms with Gasteiger partial charge in [-0.1, -0.05) is 0 Å². The molecule has 0 saturated heterocycles. The number of anilines is 2. The molecule has 13 heavy (non-hydrogen) atoms. The highest BCUT2D eigenvalue weighted by molar-refractivity contribution is 7.12. The van der Waals surface area contributed by atoms with Crippen molar-refractivity contribution in [1.29, 1.82) is 0 Å². The summed E-state index contributed by atoms with van der Waals surface area (Å²) in [5.74, 6) is 0.826. The third-order valence-electron chi connectivity index (χ3n) is 1.46. The lowest BCUT2D eigenvalue weighted by Crippen LogP contribution is -2.01. The first-order valence-electron chi connectivity index (χ1n) is 3.61. The molecule has 3 N–H and O–H groups in total. The monoisotopic (exact) mass is 196 g/mol. The molecular weight excluding hydrogens is 188 g/mol. The van der Waals surface area contributed by atoms with E-state index in [1.54, 1.807) is 13.2 Å². The molecule has 0 saturated carbocycles. The molecular formula is C6H8N6S. The molecule has 0 atom stereocenters. The summed E-state index contributed by atoms with van der Waals surface area (Å²) in [6.07, 6.45) is 1.69. The van der Waals surface area contributed by atoms with Crippen LogP contribution in [0.4, 0.5) is 11.9 Å². The number of hydrogen-bond acceptors (Lipinski definition) is 6. The highest BCUT2D eigenvalue weighted by Gasteiger charge is 2.08. The van der Waals surface area contributed by atoms with Crippen LogP contribution < -0.4 is 11.1 Å². The predicted octanol–water partition coefficient (Wildman–Crippen LogP) is 0.348. The lowest BCUT2D eigenvalue weighted by atomic mass is 10.9. The average Bonchev–Trinajstić information content (AvgIpc) is 2.72. The van der Waals surface area contributed by atoms with Gasteiger partial charge in [-0.2, -0.15) is 9.67 Å². The summed E-state index contributed by atoms with van der Waals surface area (Å²) >= 11 is 1.46. The molecule has 0 fully saturated rings. The molecule has 0 aromatic carbocycles. The maximum absolute atomic E-state index is 5.62. The maximum atomic E-state index is 5.62. The molecule has 0 amide bonds. The fraction of sp³-hybridized carbons (Fsp3) is 0.167. The van der Waals surface area contributed by atoms with Crippen molar-refractivity contribution in [2.45, 2.75) is 0 Å². The number of rotatable bonds is 2. The molecule has 2 heterocycles. The number of hydrogen-bond donors (Lipinski definition) is 2. The molecule has 0 unspecified atom stereocenters. The van der Waals surface area contributed by atoms with E-state index in [4.69, 9.17) is 5.73 Å². The van der Waals surface area contributed by atoms with Crippen molar-refractivity contribution in [3.05, 3.63) is 11.6 Å². The SMILES string of the molecule is CNc1nc(N)n(-c2nccs2)n1. The van der Waals surface area contributed by atoms with Crippen LogP contribution in [-0.4, -0.2) is 26.8 Å². The number of nitrogens with zero attached hydrogens (tertiary/aromatic N) is 4. The summed E-state index contributed by atoms with van der Waals surface area (Å²) in [7, 11) is 1.74. The second-order valence-corrected chi connectivity index (χ2v) is 3.14. The number of nitrogens with one attached hydrogen (secondary N) is 1. The number of aromatic nitrogens is 4. The van der Waals surface area contributed by atoms with Crippen LogP contribution in [0.1, 0.15) is 0 Å². The van der Waals surface area contributed by atoms with Gasteiger partial charge in [-0.3, -0.25) is 0 Å². The Kier molecular flexibility index (Phi) is 1.85. The standard InChI is InChI=1S/C6H8N6S/c1-8-5-10-4(7)12(11-5)6-9-2-3-13-6/h2-3H,1H3,(H3,7,8,10,11). The molecule has 0 aliphatic carbocycles. The Morgan fingerprint density at radius 2 is 2.46 bits per heavy atom. The van der Waals surface area contributed by atoms with Gasteiger partial charge in [0.2, 0.25) is 17.0 Å². The summed E-state index contributed by atoms with van der Waals surface area (Å²) in [5, 5.41) is 9.46. The molecule has 2 rings (SSSR count). The van der Waals surface area contributed by atoms with Crippen LogP contribution >= 0.6 is 11.3 Å². The largest absolute Gasteiger partial charge is 0.368 e. The molecule has 2 aromatic heterocycles. The van der Waals surface area contributed by atoms with Gasteiger partial charge >= 0.3 is 0 Å². The van der Waals surface area contributed by atoms with E-state index in [0.717, 1.165) is 0 Å². The molecule has 0 spiro atoms. The van der Waals surface area contributed by atoms with E-state index in [-0.39, 0.29) is 0 Å². The second-order valence-electron chi connectivity index (χ2n) is 2.27. The fourth-order valence-corrected chi connectivity index (χ4v) is 1.49. The second kappa shape index (κ2) is 3.02. The van der Waals surface area contributed by atoms with Crippen LogP contribution in [0.5, 0.6) is 0 Å². The quantitative estimate of drug-likeness (QED) is 0.724. The fourth-order valence-electron chi connectivity index (χ4n) is 0.891. The highest BCUT2D eigenvalue weighted by atomic mass is 32.1. The van der Waals surface area contributed by atoms with Gasteiger partial charge in [0.25, 0.3) is 0 Å². The number of nitrogen functional groups attached to an aromatic ring is 1. The van der Waals surface area contributed by atoms with E-state index in [9.17, 15) is 0 Å². The van der Waals surface area contributed by atoms with Crippen molar-refractivity contribution in [2.75, 3.05) is 18.1 Å². The summed E-state index contributed by atoms with van der Waals surface area (Å²) in [6.45, 7) is 0. The van der Waals surface area contributed by atoms with Crippen LogP contribution in [0.2, 0.25) is 0 Å². The Morgan fingerprint density at radius 3 is 3.00 bits per heavy atom. The highest BCUT2D eigenvalue weighted by Crippen LogP contribution is 2.14. The lowest BCUT2D eigenvalue weighted by Gasteiger charge is -1.93. The van der Waals surface area contributed by atoms with Crippen LogP contribution in [0.3, 0.4) is 0 Å². The van der Waals surface area contributed by atoms with Crippen molar-refractivity contribution < 1.29 is 0 Å². The zero-order valence-corrected chi connectivity index (χ0v) is 7.75. The van der Waals surface area contributed by atoms with Crippen LogP contribution in [0, 0.1) is 0 Å².